The predicted molar refractivity (Wildman–Crippen MR) is 78.4 cm³/mol. The lowest BCUT2D eigenvalue weighted by Gasteiger charge is -2.08. The lowest BCUT2D eigenvalue weighted by atomic mass is 10.3. The second-order valence-electron chi connectivity index (χ2n) is 4.28. The SMILES string of the molecule is CCCNS(=O)(=O)c1ccc(Oc2ccccc2)cc1. The van der Waals surface area contributed by atoms with Gasteiger partial charge in [0.1, 0.15) is 11.5 Å². The van der Waals surface area contributed by atoms with Gasteiger partial charge in [-0.15, -0.1) is 0 Å². The molecule has 0 saturated carbocycles. The topological polar surface area (TPSA) is 55.4 Å². The maximum Gasteiger partial charge on any atom is 0.240 e. The Kier molecular flexibility index (Phi) is 4.76. The molecular formula is C15H17NO3S. The molecule has 0 saturated heterocycles. The van der Waals surface area contributed by atoms with Crippen molar-refractivity contribution in [2.75, 3.05) is 6.54 Å². The van der Waals surface area contributed by atoms with Crippen molar-refractivity contribution in [1.29, 1.82) is 0 Å². The summed E-state index contributed by atoms with van der Waals surface area (Å²) in [6, 6.07) is 15.7. The Bertz CT molecular complexity index is 637. The van der Waals surface area contributed by atoms with E-state index in [9.17, 15) is 8.42 Å². The van der Waals surface area contributed by atoms with E-state index in [0.717, 1.165) is 6.42 Å². The van der Waals surface area contributed by atoms with Crippen molar-refractivity contribution in [3.05, 3.63) is 54.6 Å². The quantitative estimate of drug-likeness (QED) is 0.889. The number of benzene rings is 2. The van der Waals surface area contributed by atoms with Gasteiger partial charge < -0.3 is 4.74 Å². The minimum Gasteiger partial charge on any atom is -0.457 e. The molecule has 0 aliphatic rings. The minimum absolute atomic E-state index is 0.242. The van der Waals surface area contributed by atoms with E-state index < -0.39 is 10.0 Å². The fourth-order valence-corrected chi connectivity index (χ4v) is 2.77. The molecule has 106 valence electrons. The summed E-state index contributed by atoms with van der Waals surface area (Å²) in [6.45, 7) is 2.35. The minimum atomic E-state index is -3.42. The molecule has 5 heteroatoms. The molecule has 0 heterocycles. The highest BCUT2D eigenvalue weighted by molar-refractivity contribution is 7.89. The third-order valence-electron chi connectivity index (χ3n) is 2.66. The Morgan fingerprint density at radius 1 is 0.950 bits per heavy atom. The van der Waals surface area contributed by atoms with Gasteiger partial charge in [-0.25, -0.2) is 13.1 Å². The van der Waals surface area contributed by atoms with Crippen LogP contribution in [0.1, 0.15) is 13.3 Å². The molecule has 0 aliphatic carbocycles. The first-order valence-corrected chi connectivity index (χ1v) is 7.93. The third kappa shape index (κ3) is 3.82. The van der Waals surface area contributed by atoms with Gasteiger partial charge in [-0.3, -0.25) is 0 Å². The van der Waals surface area contributed by atoms with E-state index in [1.54, 1.807) is 12.1 Å². The van der Waals surface area contributed by atoms with E-state index in [1.165, 1.54) is 12.1 Å². The van der Waals surface area contributed by atoms with Crippen molar-refractivity contribution in [2.45, 2.75) is 18.2 Å². The molecular weight excluding hydrogens is 274 g/mol. The maximum atomic E-state index is 11.9. The van der Waals surface area contributed by atoms with Crippen LogP contribution >= 0.6 is 0 Å². The summed E-state index contributed by atoms with van der Waals surface area (Å²) in [7, 11) is -3.42. The average molecular weight is 291 g/mol. The normalized spacial score (nSPS) is 11.2. The number of rotatable bonds is 6. The van der Waals surface area contributed by atoms with Gasteiger partial charge in [0.05, 0.1) is 4.90 Å². The zero-order valence-electron chi connectivity index (χ0n) is 11.2. The summed E-state index contributed by atoms with van der Waals surface area (Å²) in [5.41, 5.74) is 0. The molecule has 0 amide bonds. The van der Waals surface area contributed by atoms with Crippen LogP contribution in [0.2, 0.25) is 0 Å². The molecule has 0 aromatic heterocycles. The largest absolute Gasteiger partial charge is 0.457 e. The van der Waals surface area contributed by atoms with Crippen LogP contribution in [0.15, 0.2) is 59.5 Å². The number of sulfonamides is 1. The van der Waals surface area contributed by atoms with Crippen molar-refractivity contribution in [1.82, 2.24) is 4.72 Å². The van der Waals surface area contributed by atoms with E-state index in [0.29, 0.717) is 18.0 Å². The van der Waals surface area contributed by atoms with Crippen LogP contribution in [0.5, 0.6) is 11.5 Å². The van der Waals surface area contributed by atoms with Gasteiger partial charge in [0.15, 0.2) is 0 Å². The van der Waals surface area contributed by atoms with Crippen LogP contribution in [-0.2, 0) is 10.0 Å². The van der Waals surface area contributed by atoms with Gasteiger partial charge in [-0.1, -0.05) is 25.1 Å². The van der Waals surface area contributed by atoms with Crippen molar-refractivity contribution < 1.29 is 13.2 Å². The number of hydrogen-bond acceptors (Lipinski definition) is 3. The molecule has 0 atom stereocenters. The van der Waals surface area contributed by atoms with Crippen LogP contribution in [0.25, 0.3) is 0 Å². The predicted octanol–water partition coefficient (Wildman–Crippen LogP) is 3.17. The molecule has 0 aliphatic heterocycles. The first-order valence-electron chi connectivity index (χ1n) is 6.44. The number of hydrogen-bond donors (Lipinski definition) is 1. The van der Waals surface area contributed by atoms with Gasteiger partial charge in [0.2, 0.25) is 10.0 Å². The fraction of sp³-hybridized carbons (Fsp3) is 0.200. The first-order chi connectivity index (χ1) is 9.62. The molecule has 20 heavy (non-hydrogen) atoms. The number of para-hydroxylation sites is 1. The fourth-order valence-electron chi connectivity index (χ4n) is 1.63. The second kappa shape index (κ2) is 6.54. The van der Waals surface area contributed by atoms with Crippen molar-refractivity contribution >= 4 is 10.0 Å². The zero-order valence-corrected chi connectivity index (χ0v) is 12.1. The van der Waals surface area contributed by atoms with Crippen molar-refractivity contribution in [2.24, 2.45) is 0 Å². The van der Waals surface area contributed by atoms with Crippen LogP contribution < -0.4 is 9.46 Å². The molecule has 1 N–H and O–H groups in total. The summed E-state index contributed by atoms with van der Waals surface area (Å²) in [5.74, 6) is 1.32. The number of nitrogens with one attached hydrogen (secondary N) is 1. The van der Waals surface area contributed by atoms with E-state index in [2.05, 4.69) is 4.72 Å². The Labute approximate surface area is 119 Å². The van der Waals surface area contributed by atoms with Gasteiger partial charge >= 0.3 is 0 Å². The molecule has 0 radical (unpaired) electrons. The van der Waals surface area contributed by atoms with E-state index in [4.69, 9.17) is 4.74 Å². The second-order valence-corrected chi connectivity index (χ2v) is 6.05. The standard InChI is InChI=1S/C15H17NO3S/c1-2-12-16-20(17,18)15-10-8-14(9-11-15)19-13-6-4-3-5-7-13/h3-11,16H,2,12H2,1H3. The Morgan fingerprint density at radius 2 is 1.55 bits per heavy atom. The van der Waals surface area contributed by atoms with Crippen molar-refractivity contribution in [3.63, 3.8) is 0 Å². The van der Waals surface area contributed by atoms with E-state index in [1.807, 2.05) is 37.3 Å². The molecule has 0 bridgehead atoms. The van der Waals surface area contributed by atoms with Crippen LogP contribution in [0.3, 0.4) is 0 Å². The van der Waals surface area contributed by atoms with Gasteiger partial charge in [0, 0.05) is 6.54 Å². The summed E-state index contributed by atoms with van der Waals surface area (Å²) in [6.07, 6.45) is 0.758. The Morgan fingerprint density at radius 3 is 2.15 bits per heavy atom. The van der Waals surface area contributed by atoms with Crippen molar-refractivity contribution in [3.8, 4) is 11.5 Å². The van der Waals surface area contributed by atoms with Gasteiger partial charge in [0.25, 0.3) is 0 Å². The lowest BCUT2D eigenvalue weighted by Crippen LogP contribution is -2.24. The van der Waals surface area contributed by atoms with Crippen LogP contribution in [0.4, 0.5) is 0 Å². The first kappa shape index (κ1) is 14.6. The molecule has 2 aromatic carbocycles. The highest BCUT2D eigenvalue weighted by Gasteiger charge is 2.12. The van der Waals surface area contributed by atoms with E-state index in [-0.39, 0.29) is 4.90 Å². The molecule has 0 unspecified atom stereocenters. The van der Waals surface area contributed by atoms with Crippen LogP contribution in [0, 0.1) is 0 Å². The summed E-state index contributed by atoms with van der Waals surface area (Å²) >= 11 is 0. The lowest BCUT2D eigenvalue weighted by molar-refractivity contribution is 0.482. The highest BCUT2D eigenvalue weighted by Crippen LogP contribution is 2.22. The number of ether oxygens (including phenoxy) is 1. The molecule has 2 aromatic rings. The Balaban J connectivity index is 2.10. The maximum absolute atomic E-state index is 11.9. The zero-order chi connectivity index (χ0) is 14.4. The monoisotopic (exact) mass is 291 g/mol. The molecule has 0 spiro atoms. The Hall–Kier alpha value is -1.85. The van der Waals surface area contributed by atoms with Crippen LogP contribution in [-0.4, -0.2) is 15.0 Å². The summed E-state index contributed by atoms with van der Waals surface area (Å²) < 4.78 is 32.0. The van der Waals surface area contributed by atoms with Gasteiger partial charge in [-0.05, 0) is 42.8 Å². The molecule has 2 rings (SSSR count). The molecule has 0 fully saturated rings. The average Bonchev–Trinajstić information content (AvgIpc) is 2.47. The smallest absolute Gasteiger partial charge is 0.240 e. The summed E-state index contributed by atoms with van der Waals surface area (Å²) in [5, 5.41) is 0. The third-order valence-corrected chi connectivity index (χ3v) is 4.13. The highest BCUT2D eigenvalue weighted by atomic mass is 32.2. The molecule has 4 nitrogen and oxygen atoms in total. The van der Waals surface area contributed by atoms with Gasteiger partial charge in [-0.2, -0.15) is 0 Å². The van der Waals surface area contributed by atoms with E-state index >= 15 is 0 Å². The summed E-state index contributed by atoms with van der Waals surface area (Å²) in [4.78, 5) is 0.242.